The Morgan fingerprint density at radius 1 is 0.491 bits per heavy atom. The second-order valence-electron chi connectivity index (χ2n) is 16.4. The van der Waals surface area contributed by atoms with Crippen LogP contribution in [0.1, 0.15) is 251 Å². The standard InChI is InChI=1S/C49H93NO5/c1-3-5-7-9-11-13-22-27-31-35-39-43-49(54)55-44-40-36-32-28-24-21-19-17-15-14-16-18-20-23-26-30-34-38-42-48(53)50-46(45-51)47(52)41-37-33-29-25-12-10-8-6-4-2/h16,18,37,41,46-47,51-52H,3-15,17,19-36,38-40,42-45H2,1-2H3,(H,50,53)/b18-16-,41-37+. The Balaban J connectivity index is 3.46. The van der Waals surface area contributed by atoms with Gasteiger partial charge in [-0.3, -0.25) is 9.59 Å². The third-order valence-electron chi connectivity index (χ3n) is 11.0. The number of ether oxygens (including phenoxy) is 1. The predicted octanol–water partition coefficient (Wildman–Crippen LogP) is 14.0. The third kappa shape index (κ3) is 41.8. The van der Waals surface area contributed by atoms with Crippen LogP contribution in [0.3, 0.4) is 0 Å². The topological polar surface area (TPSA) is 95.9 Å². The molecule has 0 bridgehead atoms. The maximum atomic E-state index is 12.3. The SMILES string of the molecule is CCCCCCCCC/C=C/C(O)C(CO)NC(=O)CCCCCCC/C=C\CCCCCCCCCCCOC(=O)CCCCCCCCCCCCC. The first kappa shape index (κ1) is 53.3. The van der Waals surface area contributed by atoms with E-state index in [9.17, 15) is 19.8 Å². The van der Waals surface area contributed by atoms with Gasteiger partial charge >= 0.3 is 5.97 Å². The molecule has 0 radical (unpaired) electrons. The van der Waals surface area contributed by atoms with Gasteiger partial charge in [0, 0.05) is 12.8 Å². The first-order valence-corrected chi connectivity index (χ1v) is 24.1. The molecule has 2 atom stereocenters. The van der Waals surface area contributed by atoms with E-state index in [0.717, 1.165) is 57.8 Å². The van der Waals surface area contributed by atoms with E-state index in [-0.39, 0.29) is 18.5 Å². The van der Waals surface area contributed by atoms with Crippen LogP contribution in [0.25, 0.3) is 0 Å². The van der Waals surface area contributed by atoms with Crippen molar-refractivity contribution >= 4 is 11.9 Å². The highest BCUT2D eigenvalue weighted by Gasteiger charge is 2.18. The Bertz CT molecular complexity index is 858. The van der Waals surface area contributed by atoms with Gasteiger partial charge in [0.15, 0.2) is 0 Å². The fourth-order valence-corrected chi connectivity index (χ4v) is 7.21. The molecule has 0 spiro atoms. The maximum absolute atomic E-state index is 12.3. The number of carbonyl (C=O) groups excluding carboxylic acids is 2. The smallest absolute Gasteiger partial charge is 0.305 e. The van der Waals surface area contributed by atoms with Crippen molar-refractivity contribution in [2.75, 3.05) is 13.2 Å². The summed E-state index contributed by atoms with van der Waals surface area (Å²) < 4.78 is 5.44. The van der Waals surface area contributed by atoms with E-state index in [4.69, 9.17) is 4.74 Å². The highest BCUT2D eigenvalue weighted by molar-refractivity contribution is 5.76. The van der Waals surface area contributed by atoms with Crippen LogP contribution >= 0.6 is 0 Å². The fraction of sp³-hybridized carbons (Fsp3) is 0.878. The number of carbonyl (C=O) groups is 2. The first-order chi connectivity index (χ1) is 27.0. The summed E-state index contributed by atoms with van der Waals surface area (Å²) in [5.74, 6) is -0.0848. The van der Waals surface area contributed by atoms with Crippen molar-refractivity contribution in [3.63, 3.8) is 0 Å². The summed E-state index contributed by atoms with van der Waals surface area (Å²) in [6.07, 6.45) is 51.8. The molecule has 0 rings (SSSR count). The molecular weight excluding hydrogens is 683 g/mol. The van der Waals surface area contributed by atoms with E-state index >= 15 is 0 Å². The molecule has 0 aromatic heterocycles. The lowest BCUT2D eigenvalue weighted by molar-refractivity contribution is -0.143. The highest BCUT2D eigenvalue weighted by atomic mass is 16.5. The van der Waals surface area contributed by atoms with Crippen LogP contribution in [-0.2, 0) is 14.3 Å². The number of aliphatic hydroxyl groups is 2. The minimum absolute atomic E-state index is 0.000925. The molecule has 55 heavy (non-hydrogen) atoms. The molecule has 0 saturated heterocycles. The predicted molar refractivity (Wildman–Crippen MR) is 236 cm³/mol. The number of aliphatic hydroxyl groups excluding tert-OH is 2. The first-order valence-electron chi connectivity index (χ1n) is 24.1. The fourth-order valence-electron chi connectivity index (χ4n) is 7.21. The molecule has 1 amide bonds. The summed E-state index contributed by atoms with van der Waals surface area (Å²) in [6, 6.07) is -0.635. The maximum Gasteiger partial charge on any atom is 0.305 e. The molecule has 0 aliphatic rings. The lowest BCUT2D eigenvalue weighted by Crippen LogP contribution is -2.45. The van der Waals surface area contributed by atoms with Gasteiger partial charge in [-0.05, 0) is 57.8 Å². The zero-order valence-electron chi connectivity index (χ0n) is 36.7. The van der Waals surface area contributed by atoms with E-state index in [1.165, 1.54) is 167 Å². The molecule has 6 nitrogen and oxygen atoms in total. The van der Waals surface area contributed by atoms with Gasteiger partial charge < -0.3 is 20.3 Å². The Morgan fingerprint density at radius 3 is 1.29 bits per heavy atom. The minimum atomic E-state index is -0.849. The number of unbranched alkanes of at least 4 members (excludes halogenated alkanes) is 31. The number of hydrogen-bond donors (Lipinski definition) is 3. The van der Waals surface area contributed by atoms with Gasteiger partial charge in [-0.1, -0.05) is 205 Å². The Labute approximate surface area is 341 Å². The molecule has 324 valence electrons. The number of hydrogen-bond acceptors (Lipinski definition) is 5. The van der Waals surface area contributed by atoms with E-state index in [2.05, 4.69) is 31.3 Å². The quantitative estimate of drug-likeness (QED) is 0.0325. The van der Waals surface area contributed by atoms with Gasteiger partial charge in [-0.25, -0.2) is 0 Å². The molecule has 0 aromatic rings. The highest BCUT2D eigenvalue weighted by Crippen LogP contribution is 2.15. The Morgan fingerprint density at radius 2 is 0.855 bits per heavy atom. The summed E-state index contributed by atoms with van der Waals surface area (Å²) in [6.45, 7) is 4.84. The average Bonchev–Trinajstić information content (AvgIpc) is 3.18. The summed E-state index contributed by atoms with van der Waals surface area (Å²) in [5.41, 5.74) is 0. The zero-order chi connectivity index (χ0) is 40.1. The largest absolute Gasteiger partial charge is 0.466 e. The summed E-state index contributed by atoms with van der Waals surface area (Å²) >= 11 is 0. The van der Waals surface area contributed by atoms with Gasteiger partial charge in [0.1, 0.15) is 0 Å². The lowest BCUT2D eigenvalue weighted by atomic mass is 10.1. The summed E-state index contributed by atoms with van der Waals surface area (Å²) in [5, 5.41) is 22.9. The van der Waals surface area contributed by atoms with Crippen LogP contribution in [0.2, 0.25) is 0 Å². The van der Waals surface area contributed by atoms with E-state index < -0.39 is 12.1 Å². The van der Waals surface area contributed by atoms with Crippen molar-refractivity contribution in [2.45, 2.75) is 264 Å². The van der Waals surface area contributed by atoms with Crippen molar-refractivity contribution < 1.29 is 24.5 Å². The third-order valence-corrected chi connectivity index (χ3v) is 11.0. The molecule has 0 aromatic carbocycles. The summed E-state index contributed by atoms with van der Waals surface area (Å²) in [4.78, 5) is 24.3. The van der Waals surface area contributed by atoms with E-state index in [1.807, 2.05) is 6.08 Å². The van der Waals surface area contributed by atoms with Gasteiger partial charge in [0.25, 0.3) is 0 Å². The number of esters is 1. The minimum Gasteiger partial charge on any atom is -0.466 e. The molecule has 0 aliphatic carbocycles. The van der Waals surface area contributed by atoms with E-state index in [1.54, 1.807) is 6.08 Å². The normalized spacial score (nSPS) is 12.9. The monoisotopic (exact) mass is 776 g/mol. The molecule has 0 heterocycles. The Hall–Kier alpha value is -1.66. The molecule has 0 aliphatic heterocycles. The average molecular weight is 776 g/mol. The molecule has 0 saturated carbocycles. The van der Waals surface area contributed by atoms with Crippen LogP contribution < -0.4 is 5.32 Å². The van der Waals surface area contributed by atoms with Gasteiger partial charge in [0.2, 0.25) is 5.91 Å². The number of allylic oxidation sites excluding steroid dienone is 3. The van der Waals surface area contributed by atoms with Gasteiger partial charge in [-0.15, -0.1) is 0 Å². The molecule has 6 heteroatoms. The van der Waals surface area contributed by atoms with Crippen LogP contribution in [0.4, 0.5) is 0 Å². The van der Waals surface area contributed by atoms with Crippen LogP contribution in [-0.4, -0.2) is 47.4 Å². The van der Waals surface area contributed by atoms with Crippen molar-refractivity contribution in [1.29, 1.82) is 0 Å². The van der Waals surface area contributed by atoms with Gasteiger partial charge in [0.05, 0.1) is 25.4 Å². The van der Waals surface area contributed by atoms with Crippen molar-refractivity contribution in [2.24, 2.45) is 0 Å². The summed E-state index contributed by atoms with van der Waals surface area (Å²) in [7, 11) is 0. The van der Waals surface area contributed by atoms with Crippen molar-refractivity contribution in [3.05, 3.63) is 24.3 Å². The molecule has 0 fully saturated rings. The molecule has 3 N–H and O–H groups in total. The zero-order valence-corrected chi connectivity index (χ0v) is 36.7. The van der Waals surface area contributed by atoms with Gasteiger partial charge in [-0.2, -0.15) is 0 Å². The lowest BCUT2D eigenvalue weighted by Gasteiger charge is -2.20. The van der Waals surface area contributed by atoms with Crippen LogP contribution in [0.15, 0.2) is 24.3 Å². The molecule has 2 unspecified atom stereocenters. The number of amides is 1. The second kappa shape index (κ2) is 45.0. The van der Waals surface area contributed by atoms with Crippen molar-refractivity contribution in [3.8, 4) is 0 Å². The molecular formula is C49H93NO5. The van der Waals surface area contributed by atoms with Crippen LogP contribution in [0.5, 0.6) is 0 Å². The van der Waals surface area contributed by atoms with Crippen molar-refractivity contribution in [1.82, 2.24) is 5.32 Å². The number of rotatable bonds is 44. The van der Waals surface area contributed by atoms with Crippen LogP contribution in [0, 0.1) is 0 Å². The second-order valence-corrected chi connectivity index (χ2v) is 16.4. The van der Waals surface area contributed by atoms with E-state index in [0.29, 0.717) is 19.4 Å². The Kier molecular flexibility index (Phi) is 43.7. The number of nitrogens with one attached hydrogen (secondary N) is 1.